The van der Waals surface area contributed by atoms with Gasteiger partial charge < -0.3 is 20.1 Å². The van der Waals surface area contributed by atoms with Gasteiger partial charge in [-0.15, -0.1) is 0 Å². The van der Waals surface area contributed by atoms with Gasteiger partial charge in [0.15, 0.2) is 11.5 Å². The average Bonchev–Trinajstić information content (AvgIpc) is 3.22. The van der Waals surface area contributed by atoms with E-state index in [1.165, 1.54) is 19.3 Å². The Hall–Kier alpha value is -2.99. The third-order valence-electron chi connectivity index (χ3n) is 5.53. The molecule has 0 unspecified atom stereocenters. The van der Waals surface area contributed by atoms with Crippen molar-refractivity contribution >= 4 is 17.3 Å². The molecule has 0 aromatic heterocycles. The molecule has 1 fully saturated rings. The number of benzene rings is 2. The number of hydrogen-bond donors (Lipinski definition) is 2. The first-order chi connectivity index (χ1) is 14.6. The van der Waals surface area contributed by atoms with Gasteiger partial charge >= 0.3 is 0 Å². The minimum Gasteiger partial charge on any atom is -0.454 e. The largest absolute Gasteiger partial charge is 0.454 e. The number of likely N-dealkylation sites (tertiary alicyclic amines) is 1. The van der Waals surface area contributed by atoms with E-state index in [0.29, 0.717) is 13.1 Å². The predicted octanol–water partition coefficient (Wildman–Crippen LogP) is 3.91. The van der Waals surface area contributed by atoms with E-state index in [9.17, 15) is 4.79 Å². The highest BCUT2D eigenvalue weighted by molar-refractivity contribution is 5.95. The molecule has 2 aromatic carbocycles. The number of carbonyl (C=O) groups excluding carboxylic acids is 1. The van der Waals surface area contributed by atoms with E-state index in [4.69, 9.17) is 9.47 Å². The normalized spacial score (nSPS) is 15.6. The van der Waals surface area contributed by atoms with E-state index in [0.717, 1.165) is 52.7 Å². The highest BCUT2D eigenvalue weighted by atomic mass is 16.7. The topological polar surface area (TPSA) is 62.8 Å². The number of ether oxygens (including phenoxy) is 2. The lowest BCUT2D eigenvalue weighted by Gasteiger charge is -2.26. The molecule has 6 nitrogen and oxygen atoms in total. The van der Waals surface area contributed by atoms with Crippen molar-refractivity contribution in [1.29, 1.82) is 0 Å². The summed E-state index contributed by atoms with van der Waals surface area (Å²) in [6.07, 6.45) is 3.60. The smallest absolute Gasteiger partial charge is 0.238 e. The molecule has 2 heterocycles. The van der Waals surface area contributed by atoms with Crippen molar-refractivity contribution in [3.63, 3.8) is 0 Å². The molecule has 0 aliphatic carbocycles. The number of hydrogen-bond acceptors (Lipinski definition) is 5. The van der Waals surface area contributed by atoms with E-state index in [2.05, 4.69) is 22.1 Å². The van der Waals surface area contributed by atoms with Gasteiger partial charge in [0.2, 0.25) is 12.7 Å². The summed E-state index contributed by atoms with van der Waals surface area (Å²) in [5, 5.41) is 6.46. The number of nitrogens with zero attached hydrogens (tertiary/aromatic N) is 1. The number of nitrogens with one attached hydrogen (secondary N) is 2. The lowest BCUT2D eigenvalue weighted by Crippen LogP contribution is -2.37. The van der Waals surface area contributed by atoms with E-state index >= 15 is 0 Å². The molecule has 2 aliphatic rings. The zero-order chi connectivity index (χ0) is 20.9. The van der Waals surface area contributed by atoms with Crippen molar-refractivity contribution in [2.45, 2.75) is 32.7 Å². The monoisotopic (exact) mass is 407 g/mol. The average molecular weight is 408 g/mol. The zero-order valence-corrected chi connectivity index (χ0v) is 17.5. The Balaban J connectivity index is 1.40. The minimum atomic E-state index is 0.0191. The summed E-state index contributed by atoms with van der Waals surface area (Å²) in [5.74, 6) is 1.56. The van der Waals surface area contributed by atoms with Crippen molar-refractivity contribution in [1.82, 2.24) is 10.2 Å². The fourth-order valence-electron chi connectivity index (χ4n) is 3.88. The van der Waals surface area contributed by atoms with Crippen LogP contribution >= 0.6 is 0 Å². The number of carbonyl (C=O) groups is 1. The second-order valence-electron chi connectivity index (χ2n) is 7.95. The molecule has 0 spiro atoms. The van der Waals surface area contributed by atoms with Gasteiger partial charge in [0.1, 0.15) is 0 Å². The van der Waals surface area contributed by atoms with Crippen LogP contribution in [0.2, 0.25) is 0 Å². The maximum absolute atomic E-state index is 12.6. The summed E-state index contributed by atoms with van der Waals surface area (Å²) in [6, 6.07) is 11.9. The quantitative estimate of drug-likeness (QED) is 0.729. The molecule has 0 saturated carbocycles. The maximum atomic E-state index is 12.6. The molecule has 2 N–H and O–H groups in total. The van der Waals surface area contributed by atoms with E-state index in [1.807, 2.05) is 43.3 Å². The first-order valence-electron chi connectivity index (χ1n) is 10.5. The summed E-state index contributed by atoms with van der Waals surface area (Å²) < 4.78 is 10.8. The standard InChI is InChI=1S/C24H29N3O3/c1-17-6-8-21(26-24(28)15-27-10-4-3-5-11-27)20(12-17)18(2)25-14-19-7-9-22-23(13-19)30-16-29-22/h6-9,12-13,25H,2-5,10-11,14-16H2,1H3,(H,26,28). The van der Waals surface area contributed by atoms with Crippen LogP contribution in [0.5, 0.6) is 11.5 Å². The summed E-state index contributed by atoms with van der Waals surface area (Å²) in [4.78, 5) is 14.8. The summed E-state index contributed by atoms with van der Waals surface area (Å²) in [7, 11) is 0. The molecule has 0 atom stereocenters. The Morgan fingerprint density at radius 3 is 2.70 bits per heavy atom. The van der Waals surface area contributed by atoms with E-state index in [1.54, 1.807) is 0 Å². The minimum absolute atomic E-state index is 0.0191. The van der Waals surface area contributed by atoms with Gasteiger partial charge in [-0.25, -0.2) is 0 Å². The zero-order valence-electron chi connectivity index (χ0n) is 17.5. The van der Waals surface area contributed by atoms with Crippen molar-refractivity contribution in [2.75, 3.05) is 31.7 Å². The molecule has 1 saturated heterocycles. The first kappa shape index (κ1) is 20.3. The van der Waals surface area contributed by atoms with Crippen molar-refractivity contribution in [3.05, 3.63) is 59.7 Å². The number of piperidine rings is 1. The molecule has 0 bridgehead atoms. The van der Waals surface area contributed by atoms with Crippen molar-refractivity contribution < 1.29 is 14.3 Å². The molecule has 2 aliphatic heterocycles. The third kappa shape index (κ3) is 4.94. The molecule has 158 valence electrons. The number of fused-ring (bicyclic) bond motifs is 1. The molecule has 30 heavy (non-hydrogen) atoms. The maximum Gasteiger partial charge on any atom is 0.238 e. The van der Waals surface area contributed by atoms with Gasteiger partial charge in [0.25, 0.3) is 0 Å². The fourth-order valence-corrected chi connectivity index (χ4v) is 3.88. The van der Waals surface area contributed by atoms with Crippen LogP contribution in [0, 0.1) is 6.92 Å². The van der Waals surface area contributed by atoms with Gasteiger partial charge in [-0.2, -0.15) is 0 Å². The molecule has 4 rings (SSSR count). The fraction of sp³-hybridized carbons (Fsp3) is 0.375. The van der Waals surface area contributed by atoms with Gasteiger partial charge in [-0.3, -0.25) is 9.69 Å². The predicted molar refractivity (Wildman–Crippen MR) is 119 cm³/mol. The Morgan fingerprint density at radius 1 is 1.07 bits per heavy atom. The van der Waals surface area contributed by atoms with Crippen LogP contribution in [0.3, 0.4) is 0 Å². The Morgan fingerprint density at radius 2 is 1.87 bits per heavy atom. The number of amides is 1. The summed E-state index contributed by atoms with van der Waals surface area (Å²) in [5.41, 5.74) is 4.65. The van der Waals surface area contributed by atoms with Crippen molar-refractivity contribution in [3.8, 4) is 11.5 Å². The second-order valence-corrected chi connectivity index (χ2v) is 7.95. The van der Waals surface area contributed by atoms with Crippen LogP contribution in [0.1, 0.15) is 36.0 Å². The molecule has 2 aromatic rings. The Labute approximate surface area is 177 Å². The molecule has 1 amide bonds. The van der Waals surface area contributed by atoms with Crippen LogP contribution in [-0.2, 0) is 11.3 Å². The highest BCUT2D eigenvalue weighted by Crippen LogP contribution is 2.32. The van der Waals surface area contributed by atoms with Crippen LogP contribution in [0.25, 0.3) is 5.70 Å². The first-order valence-corrected chi connectivity index (χ1v) is 10.5. The number of rotatable bonds is 7. The number of aryl methyl sites for hydroxylation is 1. The van der Waals surface area contributed by atoms with Crippen molar-refractivity contribution in [2.24, 2.45) is 0 Å². The lowest BCUT2D eigenvalue weighted by molar-refractivity contribution is -0.117. The van der Waals surface area contributed by atoms with Gasteiger partial charge in [-0.05, 0) is 62.7 Å². The molecule has 6 heteroatoms. The van der Waals surface area contributed by atoms with Crippen LogP contribution < -0.4 is 20.1 Å². The lowest BCUT2D eigenvalue weighted by atomic mass is 10.1. The number of anilines is 1. The Kier molecular flexibility index (Phi) is 6.23. The van der Waals surface area contributed by atoms with E-state index < -0.39 is 0 Å². The van der Waals surface area contributed by atoms with Gasteiger partial charge in [-0.1, -0.05) is 30.7 Å². The summed E-state index contributed by atoms with van der Waals surface area (Å²) in [6.45, 7) is 9.54. The Bertz CT molecular complexity index is 935. The molecular weight excluding hydrogens is 378 g/mol. The van der Waals surface area contributed by atoms with Crippen LogP contribution in [-0.4, -0.2) is 37.2 Å². The van der Waals surface area contributed by atoms with Crippen LogP contribution in [0.4, 0.5) is 5.69 Å². The SMILES string of the molecule is C=C(NCc1ccc2c(c1)OCO2)c1cc(C)ccc1NC(=O)CN1CCCCC1. The highest BCUT2D eigenvalue weighted by Gasteiger charge is 2.16. The van der Waals surface area contributed by atoms with Crippen LogP contribution in [0.15, 0.2) is 43.0 Å². The summed E-state index contributed by atoms with van der Waals surface area (Å²) >= 11 is 0. The van der Waals surface area contributed by atoms with E-state index in [-0.39, 0.29) is 12.7 Å². The molecule has 0 radical (unpaired) electrons. The van der Waals surface area contributed by atoms with Gasteiger partial charge in [0, 0.05) is 17.8 Å². The van der Waals surface area contributed by atoms with Gasteiger partial charge in [0.05, 0.1) is 12.2 Å². The second kappa shape index (κ2) is 9.22. The third-order valence-corrected chi connectivity index (χ3v) is 5.53. The molecular formula is C24H29N3O3.